The van der Waals surface area contributed by atoms with E-state index in [1.807, 2.05) is 31.2 Å². The number of nitrogens with zero attached hydrogens (tertiary/aromatic N) is 2. The van der Waals surface area contributed by atoms with Gasteiger partial charge in [-0.1, -0.05) is 30.3 Å². The molecule has 2 N–H and O–H groups in total. The number of rotatable bonds is 10. The number of hydrogen-bond acceptors (Lipinski definition) is 4. The van der Waals surface area contributed by atoms with Crippen molar-refractivity contribution in [3.63, 3.8) is 0 Å². The third-order valence-corrected chi connectivity index (χ3v) is 6.17. The zero-order chi connectivity index (χ0) is 22.4. The molecule has 2 aromatic carbocycles. The second kappa shape index (κ2) is 9.76. The van der Waals surface area contributed by atoms with Gasteiger partial charge in [0.1, 0.15) is 0 Å². The average molecular weight is 443 g/mol. The van der Waals surface area contributed by atoms with Gasteiger partial charge in [0.05, 0.1) is 16.8 Å². The summed E-state index contributed by atoms with van der Waals surface area (Å²) in [5.41, 5.74) is 2.69. The molecule has 0 atom stereocenters. The van der Waals surface area contributed by atoms with E-state index in [4.69, 9.17) is 0 Å². The van der Waals surface area contributed by atoms with Gasteiger partial charge in [-0.05, 0) is 36.8 Å². The van der Waals surface area contributed by atoms with E-state index in [0.29, 0.717) is 17.8 Å². The number of aromatic nitrogens is 2. The molecule has 1 amide bonds. The Hall–Kier alpha value is -3.17. The summed E-state index contributed by atoms with van der Waals surface area (Å²) >= 11 is 0. The van der Waals surface area contributed by atoms with Crippen molar-refractivity contribution in [2.24, 2.45) is 0 Å². The lowest BCUT2D eigenvalue weighted by Crippen LogP contribution is -2.25. The smallest absolute Gasteiger partial charge is 0.326 e. The molecule has 0 unspecified atom stereocenters. The Kier molecular flexibility index (Phi) is 7.09. The van der Waals surface area contributed by atoms with Gasteiger partial charge >= 0.3 is 5.69 Å². The van der Waals surface area contributed by atoms with Gasteiger partial charge in [0.25, 0.3) is 0 Å². The third kappa shape index (κ3) is 5.50. The molecular weight excluding hydrogens is 416 g/mol. The molecule has 9 heteroatoms. The average Bonchev–Trinajstić information content (AvgIpc) is 3.02. The lowest BCUT2D eigenvalue weighted by molar-refractivity contribution is -0.116. The number of aryl methyl sites for hydroxylation is 2. The molecular formula is C22H26N4O4S. The standard InChI is InChI=1S/C22H26N4O4S/c1-3-14-23-31(29,30)16-17-9-11-18(12-10-17)24-21(27)13-15-26-20-8-6-5-7-19(20)25(4-2)22(26)28/h3,5-12,23H,1,4,13-16H2,2H3,(H,24,27). The van der Waals surface area contributed by atoms with Gasteiger partial charge in [-0.3, -0.25) is 13.9 Å². The molecule has 0 radical (unpaired) electrons. The van der Waals surface area contributed by atoms with Crippen molar-refractivity contribution in [1.29, 1.82) is 0 Å². The minimum atomic E-state index is -3.44. The second-order valence-electron chi connectivity index (χ2n) is 7.06. The highest BCUT2D eigenvalue weighted by Gasteiger charge is 2.13. The Bertz CT molecular complexity index is 1240. The van der Waals surface area contributed by atoms with E-state index in [-0.39, 0.29) is 36.9 Å². The van der Waals surface area contributed by atoms with Gasteiger partial charge in [-0.2, -0.15) is 0 Å². The van der Waals surface area contributed by atoms with Crippen molar-refractivity contribution in [2.45, 2.75) is 32.2 Å². The van der Waals surface area contributed by atoms with Gasteiger partial charge in [-0.15, -0.1) is 6.58 Å². The first-order valence-electron chi connectivity index (χ1n) is 9.99. The number of nitrogens with one attached hydrogen (secondary N) is 2. The van der Waals surface area contributed by atoms with Crippen LogP contribution in [0.5, 0.6) is 0 Å². The van der Waals surface area contributed by atoms with Crippen LogP contribution in [0.25, 0.3) is 11.0 Å². The van der Waals surface area contributed by atoms with E-state index in [9.17, 15) is 18.0 Å². The molecule has 31 heavy (non-hydrogen) atoms. The zero-order valence-electron chi connectivity index (χ0n) is 17.4. The Labute approximate surface area is 181 Å². The number of carbonyl (C=O) groups is 1. The predicted octanol–water partition coefficient (Wildman–Crippen LogP) is 2.46. The molecule has 3 rings (SSSR count). The lowest BCUT2D eigenvalue weighted by atomic mass is 10.2. The van der Waals surface area contributed by atoms with Gasteiger partial charge in [0.2, 0.25) is 15.9 Å². The molecule has 1 aromatic heterocycles. The predicted molar refractivity (Wildman–Crippen MR) is 122 cm³/mol. The number of amides is 1. The van der Waals surface area contributed by atoms with Crippen molar-refractivity contribution in [3.8, 4) is 0 Å². The van der Waals surface area contributed by atoms with E-state index in [0.717, 1.165) is 11.0 Å². The molecule has 0 aliphatic heterocycles. The van der Waals surface area contributed by atoms with Crippen LogP contribution in [0.2, 0.25) is 0 Å². The maximum Gasteiger partial charge on any atom is 0.329 e. The Morgan fingerprint density at radius 2 is 1.71 bits per heavy atom. The van der Waals surface area contributed by atoms with Gasteiger partial charge in [-0.25, -0.2) is 17.9 Å². The number of para-hydroxylation sites is 2. The van der Waals surface area contributed by atoms with Crippen molar-refractivity contribution in [2.75, 3.05) is 11.9 Å². The maximum atomic E-state index is 12.6. The first-order chi connectivity index (χ1) is 14.8. The fraction of sp³-hybridized carbons (Fsp3) is 0.273. The highest BCUT2D eigenvalue weighted by atomic mass is 32.2. The number of hydrogen-bond donors (Lipinski definition) is 2. The molecule has 0 saturated carbocycles. The van der Waals surface area contributed by atoms with E-state index < -0.39 is 10.0 Å². The molecule has 8 nitrogen and oxygen atoms in total. The molecule has 0 aliphatic carbocycles. The number of fused-ring (bicyclic) bond motifs is 1. The van der Waals surface area contributed by atoms with Crippen LogP contribution < -0.4 is 15.7 Å². The van der Waals surface area contributed by atoms with Crippen LogP contribution in [0.3, 0.4) is 0 Å². The molecule has 0 fully saturated rings. The van der Waals surface area contributed by atoms with Crippen LogP contribution in [-0.4, -0.2) is 30.0 Å². The van der Waals surface area contributed by atoms with Crippen molar-refractivity contribution in [3.05, 3.63) is 77.2 Å². The number of imidazole rings is 1. The van der Waals surface area contributed by atoms with Crippen LogP contribution in [0.15, 0.2) is 66.0 Å². The Morgan fingerprint density at radius 3 is 2.32 bits per heavy atom. The van der Waals surface area contributed by atoms with Crippen molar-refractivity contribution < 1.29 is 13.2 Å². The lowest BCUT2D eigenvalue weighted by Gasteiger charge is -2.08. The summed E-state index contributed by atoms with van der Waals surface area (Å²) in [5, 5.41) is 2.79. The van der Waals surface area contributed by atoms with Crippen LogP contribution in [0, 0.1) is 0 Å². The summed E-state index contributed by atoms with van der Waals surface area (Å²) < 4.78 is 29.6. The van der Waals surface area contributed by atoms with Crippen molar-refractivity contribution >= 4 is 32.7 Å². The highest BCUT2D eigenvalue weighted by molar-refractivity contribution is 7.88. The quantitative estimate of drug-likeness (QED) is 0.471. The van der Waals surface area contributed by atoms with E-state index >= 15 is 0 Å². The zero-order valence-corrected chi connectivity index (χ0v) is 18.2. The molecule has 1 heterocycles. The third-order valence-electron chi connectivity index (χ3n) is 4.85. The van der Waals surface area contributed by atoms with Gasteiger partial charge in [0, 0.05) is 31.7 Å². The summed E-state index contributed by atoms with van der Waals surface area (Å²) in [6.45, 7) is 6.40. The molecule has 0 spiro atoms. The molecule has 0 aliphatic rings. The summed E-state index contributed by atoms with van der Waals surface area (Å²) in [4.78, 5) is 25.0. The van der Waals surface area contributed by atoms with Crippen LogP contribution in [-0.2, 0) is 33.7 Å². The van der Waals surface area contributed by atoms with E-state index in [1.165, 1.54) is 6.08 Å². The summed E-state index contributed by atoms with van der Waals surface area (Å²) in [6.07, 6.45) is 1.61. The number of sulfonamides is 1. The summed E-state index contributed by atoms with van der Waals surface area (Å²) in [7, 11) is -3.44. The van der Waals surface area contributed by atoms with Crippen LogP contribution in [0.1, 0.15) is 18.9 Å². The van der Waals surface area contributed by atoms with Crippen molar-refractivity contribution in [1.82, 2.24) is 13.9 Å². The second-order valence-corrected chi connectivity index (χ2v) is 8.87. The Morgan fingerprint density at radius 1 is 1.06 bits per heavy atom. The largest absolute Gasteiger partial charge is 0.329 e. The van der Waals surface area contributed by atoms with E-state index in [1.54, 1.807) is 33.4 Å². The normalized spacial score (nSPS) is 11.5. The number of benzene rings is 2. The summed E-state index contributed by atoms with van der Waals surface area (Å²) in [6, 6.07) is 14.1. The fourth-order valence-electron chi connectivity index (χ4n) is 3.37. The minimum absolute atomic E-state index is 0.132. The molecule has 0 bridgehead atoms. The first kappa shape index (κ1) is 22.5. The Balaban J connectivity index is 1.62. The molecule has 3 aromatic rings. The molecule has 0 saturated heterocycles. The monoisotopic (exact) mass is 442 g/mol. The number of anilines is 1. The van der Waals surface area contributed by atoms with Gasteiger partial charge < -0.3 is 5.32 Å². The summed E-state index contributed by atoms with van der Waals surface area (Å²) in [5.74, 6) is -0.382. The molecule has 164 valence electrons. The number of carbonyl (C=O) groups excluding carboxylic acids is 1. The van der Waals surface area contributed by atoms with Crippen LogP contribution in [0.4, 0.5) is 5.69 Å². The SMILES string of the molecule is C=CCNS(=O)(=O)Cc1ccc(NC(=O)CCn2c(=O)n(CC)c3ccccc32)cc1. The minimum Gasteiger partial charge on any atom is -0.326 e. The maximum absolute atomic E-state index is 12.6. The first-order valence-corrected chi connectivity index (χ1v) is 11.6. The topological polar surface area (TPSA) is 102 Å². The van der Waals surface area contributed by atoms with Gasteiger partial charge in [0.15, 0.2) is 0 Å². The fourth-order valence-corrected chi connectivity index (χ4v) is 4.48. The van der Waals surface area contributed by atoms with Crippen LogP contribution >= 0.6 is 0 Å². The van der Waals surface area contributed by atoms with E-state index in [2.05, 4.69) is 16.6 Å². The highest BCUT2D eigenvalue weighted by Crippen LogP contribution is 2.15.